The number of carboxylic acid groups (broad SMARTS) is 1. The number of carboxylic acids is 1. The normalized spacial score (nSPS) is 11.1. The first-order chi connectivity index (χ1) is 13.3. The fraction of sp³-hybridized carbons (Fsp3) is 0.200. The van der Waals surface area contributed by atoms with E-state index in [1.54, 1.807) is 24.3 Å². The highest BCUT2D eigenvalue weighted by Crippen LogP contribution is 2.38. The largest absolute Gasteiger partial charge is 0.490 e. The number of carbonyl (C=O) groups excluding carboxylic acids is 1. The number of rotatable bonds is 8. The molecule has 0 aliphatic rings. The Morgan fingerprint density at radius 2 is 1.89 bits per heavy atom. The van der Waals surface area contributed by atoms with Gasteiger partial charge in [-0.3, -0.25) is 4.79 Å². The zero-order chi connectivity index (χ0) is 20.7. The minimum Gasteiger partial charge on any atom is -0.490 e. The van der Waals surface area contributed by atoms with Crippen LogP contribution in [0.3, 0.4) is 0 Å². The average Bonchev–Trinajstić information content (AvgIpc) is 2.62. The number of hydrogen-bond acceptors (Lipinski definition) is 4. The van der Waals surface area contributed by atoms with Gasteiger partial charge < -0.3 is 19.9 Å². The van der Waals surface area contributed by atoms with Gasteiger partial charge in [-0.05, 0) is 64.3 Å². The van der Waals surface area contributed by atoms with E-state index in [0.29, 0.717) is 39.8 Å². The molecule has 0 saturated heterocycles. The van der Waals surface area contributed by atoms with Crippen molar-refractivity contribution in [3.63, 3.8) is 0 Å². The molecule has 2 N–H and O–H groups in total. The number of aliphatic carboxylic acids is 1. The Morgan fingerprint density at radius 1 is 1.21 bits per heavy atom. The molecule has 148 valence electrons. The van der Waals surface area contributed by atoms with Crippen LogP contribution < -0.4 is 14.8 Å². The molecule has 2 aromatic carbocycles. The molecule has 0 aliphatic heterocycles. The molecule has 8 heteroatoms. The SMILES string of the molecule is CCOc1cc(/C=C(/NC(C)=O)C(=O)O)cc(Br)c1OCc1ccc(Cl)cc1. The maximum absolute atomic E-state index is 11.3. The number of halogens is 2. The first-order valence-corrected chi connectivity index (χ1v) is 9.53. The quantitative estimate of drug-likeness (QED) is 0.551. The van der Waals surface area contributed by atoms with Gasteiger partial charge in [0.15, 0.2) is 11.5 Å². The lowest BCUT2D eigenvalue weighted by molar-refractivity contribution is -0.134. The molecule has 0 aromatic heterocycles. The van der Waals surface area contributed by atoms with Crippen LogP contribution >= 0.6 is 27.5 Å². The molecular weight excluding hydrogens is 450 g/mol. The van der Waals surface area contributed by atoms with E-state index >= 15 is 0 Å². The van der Waals surface area contributed by atoms with E-state index < -0.39 is 11.9 Å². The first kappa shape index (κ1) is 21.8. The van der Waals surface area contributed by atoms with Crippen molar-refractivity contribution in [2.75, 3.05) is 6.61 Å². The third-order valence-corrected chi connectivity index (χ3v) is 4.32. The number of benzene rings is 2. The highest BCUT2D eigenvalue weighted by atomic mass is 79.9. The number of amides is 1. The van der Waals surface area contributed by atoms with Gasteiger partial charge in [0.05, 0.1) is 11.1 Å². The lowest BCUT2D eigenvalue weighted by Gasteiger charge is -2.15. The summed E-state index contributed by atoms with van der Waals surface area (Å²) in [5.74, 6) is -0.775. The number of ether oxygens (including phenoxy) is 2. The molecular formula is C20H19BrClNO5. The van der Waals surface area contributed by atoms with Gasteiger partial charge in [0.1, 0.15) is 12.3 Å². The van der Waals surface area contributed by atoms with E-state index in [1.807, 2.05) is 19.1 Å². The molecule has 6 nitrogen and oxygen atoms in total. The number of carbonyl (C=O) groups is 2. The van der Waals surface area contributed by atoms with Crippen LogP contribution in [0.15, 0.2) is 46.6 Å². The molecule has 0 unspecified atom stereocenters. The standard InChI is InChI=1S/C20H19BrClNO5/c1-3-27-18-10-14(9-17(20(25)26)23-12(2)24)8-16(21)19(18)28-11-13-4-6-15(22)7-5-13/h4-10H,3,11H2,1-2H3,(H,23,24)(H,25,26)/b17-9+. The second-order valence-corrected chi connectivity index (χ2v) is 7.01. The maximum atomic E-state index is 11.3. The van der Waals surface area contributed by atoms with Gasteiger partial charge in [-0.15, -0.1) is 0 Å². The van der Waals surface area contributed by atoms with E-state index in [-0.39, 0.29) is 5.70 Å². The average molecular weight is 469 g/mol. The molecule has 0 radical (unpaired) electrons. The van der Waals surface area contributed by atoms with Crippen LogP contribution in [0.4, 0.5) is 0 Å². The Hall–Kier alpha value is -2.51. The molecule has 2 aromatic rings. The van der Waals surface area contributed by atoms with Crippen molar-refractivity contribution < 1.29 is 24.2 Å². The summed E-state index contributed by atoms with van der Waals surface area (Å²) < 4.78 is 12.1. The van der Waals surface area contributed by atoms with E-state index in [1.165, 1.54) is 13.0 Å². The monoisotopic (exact) mass is 467 g/mol. The molecule has 0 spiro atoms. The fourth-order valence-electron chi connectivity index (χ4n) is 2.32. The third-order valence-electron chi connectivity index (χ3n) is 3.48. The zero-order valence-corrected chi connectivity index (χ0v) is 17.6. The van der Waals surface area contributed by atoms with Crippen LogP contribution in [-0.4, -0.2) is 23.6 Å². The predicted octanol–water partition coefficient (Wildman–Crippen LogP) is 4.64. The summed E-state index contributed by atoms with van der Waals surface area (Å²) in [6.07, 6.45) is 1.35. The summed E-state index contributed by atoms with van der Waals surface area (Å²) in [5, 5.41) is 12.2. The maximum Gasteiger partial charge on any atom is 0.352 e. The van der Waals surface area contributed by atoms with Gasteiger partial charge in [0.2, 0.25) is 5.91 Å². The number of nitrogens with one attached hydrogen (secondary N) is 1. The van der Waals surface area contributed by atoms with Gasteiger partial charge in [-0.25, -0.2) is 4.79 Å². The Labute approximate surface area is 176 Å². The molecule has 0 fully saturated rings. The van der Waals surface area contributed by atoms with Gasteiger partial charge in [-0.2, -0.15) is 0 Å². The second-order valence-electron chi connectivity index (χ2n) is 5.72. The van der Waals surface area contributed by atoms with Gasteiger partial charge in [0, 0.05) is 11.9 Å². The lowest BCUT2D eigenvalue weighted by atomic mass is 10.1. The van der Waals surface area contributed by atoms with Crippen molar-refractivity contribution in [2.45, 2.75) is 20.5 Å². The molecule has 0 atom stereocenters. The van der Waals surface area contributed by atoms with Crippen LogP contribution in [0.2, 0.25) is 5.02 Å². The highest BCUT2D eigenvalue weighted by Gasteiger charge is 2.14. The van der Waals surface area contributed by atoms with Crippen molar-refractivity contribution in [1.82, 2.24) is 5.32 Å². The van der Waals surface area contributed by atoms with Crippen LogP contribution in [0.25, 0.3) is 6.08 Å². The highest BCUT2D eigenvalue weighted by molar-refractivity contribution is 9.10. The van der Waals surface area contributed by atoms with Crippen LogP contribution in [0.1, 0.15) is 25.0 Å². The zero-order valence-electron chi connectivity index (χ0n) is 15.3. The molecule has 1 amide bonds. The molecule has 0 aliphatic carbocycles. The Bertz CT molecular complexity index is 896. The fourth-order valence-corrected chi connectivity index (χ4v) is 3.02. The van der Waals surface area contributed by atoms with Crippen molar-refractivity contribution in [1.29, 1.82) is 0 Å². The smallest absolute Gasteiger partial charge is 0.352 e. The topological polar surface area (TPSA) is 84.9 Å². The van der Waals surface area contributed by atoms with Gasteiger partial charge in [0.25, 0.3) is 0 Å². The van der Waals surface area contributed by atoms with Crippen molar-refractivity contribution in [3.8, 4) is 11.5 Å². The first-order valence-electron chi connectivity index (χ1n) is 8.36. The van der Waals surface area contributed by atoms with E-state index in [9.17, 15) is 14.7 Å². The Kier molecular flexibility index (Phi) is 7.90. The van der Waals surface area contributed by atoms with Crippen molar-refractivity contribution in [3.05, 3.63) is 62.7 Å². The minimum atomic E-state index is -1.24. The second kappa shape index (κ2) is 10.1. The molecule has 0 heterocycles. The summed E-state index contributed by atoms with van der Waals surface area (Å²) >= 11 is 9.33. The lowest BCUT2D eigenvalue weighted by Crippen LogP contribution is -2.24. The summed E-state index contributed by atoms with van der Waals surface area (Å²) in [6.45, 7) is 3.77. The summed E-state index contributed by atoms with van der Waals surface area (Å²) in [7, 11) is 0. The predicted molar refractivity (Wildman–Crippen MR) is 111 cm³/mol. The summed E-state index contributed by atoms with van der Waals surface area (Å²) in [5.41, 5.74) is 1.22. The van der Waals surface area contributed by atoms with E-state index in [2.05, 4.69) is 21.2 Å². The molecule has 0 saturated carbocycles. The van der Waals surface area contributed by atoms with E-state index in [4.69, 9.17) is 21.1 Å². The van der Waals surface area contributed by atoms with Crippen LogP contribution in [0.5, 0.6) is 11.5 Å². The van der Waals surface area contributed by atoms with E-state index in [0.717, 1.165) is 5.56 Å². The Balaban J connectivity index is 2.33. The van der Waals surface area contributed by atoms with Crippen molar-refractivity contribution >= 4 is 45.5 Å². The summed E-state index contributed by atoms with van der Waals surface area (Å²) in [4.78, 5) is 22.5. The third kappa shape index (κ3) is 6.28. The van der Waals surface area contributed by atoms with Crippen LogP contribution in [-0.2, 0) is 16.2 Å². The minimum absolute atomic E-state index is 0.239. The van der Waals surface area contributed by atoms with Crippen LogP contribution in [0, 0.1) is 0 Å². The van der Waals surface area contributed by atoms with Crippen molar-refractivity contribution in [2.24, 2.45) is 0 Å². The van der Waals surface area contributed by atoms with Gasteiger partial charge >= 0.3 is 5.97 Å². The molecule has 28 heavy (non-hydrogen) atoms. The molecule has 0 bridgehead atoms. The van der Waals surface area contributed by atoms with Gasteiger partial charge in [-0.1, -0.05) is 23.7 Å². The Morgan fingerprint density at radius 3 is 2.46 bits per heavy atom. The number of hydrogen-bond donors (Lipinski definition) is 2. The summed E-state index contributed by atoms with van der Waals surface area (Å²) in [6, 6.07) is 10.6. The molecule has 2 rings (SSSR count).